The van der Waals surface area contributed by atoms with Crippen LogP contribution in [-0.2, 0) is 13.0 Å². The molecule has 164 valence electrons. The number of carbonyl (C=O) groups excluding carboxylic acids is 1. The van der Waals surface area contributed by atoms with E-state index in [1.54, 1.807) is 32.2 Å². The maximum absolute atomic E-state index is 13.0. The Balaban J connectivity index is 1.84. The quantitative estimate of drug-likeness (QED) is 0.398. The van der Waals surface area contributed by atoms with Gasteiger partial charge in [0.1, 0.15) is 17.3 Å². The lowest BCUT2D eigenvalue weighted by Gasteiger charge is -2.26. The lowest BCUT2D eigenvalue weighted by molar-refractivity contribution is 0.102. The zero-order chi connectivity index (χ0) is 22.5. The second-order valence-corrected chi connectivity index (χ2v) is 7.59. The van der Waals surface area contributed by atoms with Crippen LogP contribution in [-0.4, -0.2) is 71.3 Å². The number of nitrogens with zero attached hydrogens (tertiary/aromatic N) is 3. The molecule has 9 heteroatoms. The first-order valence-electron chi connectivity index (χ1n) is 10.0. The number of ether oxygens (including phenoxy) is 1. The molecule has 0 spiro atoms. The van der Waals surface area contributed by atoms with E-state index < -0.39 is 6.04 Å². The molecule has 0 saturated carbocycles. The number of aromatic nitrogens is 1. The van der Waals surface area contributed by atoms with Gasteiger partial charge in [0, 0.05) is 13.1 Å². The minimum atomic E-state index is -0.442. The fraction of sp³-hybridized carbons (Fsp3) is 0.364. The fourth-order valence-electron chi connectivity index (χ4n) is 3.53. The second kappa shape index (κ2) is 9.67. The standard InChI is InChI=1S/C22H28N6O3/c1-14(12-29)28(13-23)21(24)18-5-4-6-20(25-18)26-22(30)17-9-16-11-27(2)8-7-15(16)10-19(17)31-3/h4-6,9-10,13-14,23-24,29H,7-8,11-12H2,1-3H3,(H,25,26,30). The Bertz CT molecular complexity index is 993. The maximum Gasteiger partial charge on any atom is 0.260 e. The molecule has 1 atom stereocenters. The van der Waals surface area contributed by atoms with E-state index >= 15 is 0 Å². The molecule has 31 heavy (non-hydrogen) atoms. The summed E-state index contributed by atoms with van der Waals surface area (Å²) in [6.07, 6.45) is 1.89. The molecule has 1 unspecified atom stereocenters. The average molecular weight is 425 g/mol. The first kappa shape index (κ1) is 22.4. The average Bonchev–Trinajstić information content (AvgIpc) is 2.78. The predicted molar refractivity (Wildman–Crippen MR) is 119 cm³/mol. The number of carbonyl (C=O) groups is 1. The van der Waals surface area contributed by atoms with Crippen molar-refractivity contribution in [1.29, 1.82) is 10.8 Å². The largest absolute Gasteiger partial charge is 0.496 e. The number of anilines is 1. The van der Waals surface area contributed by atoms with E-state index in [2.05, 4.69) is 15.2 Å². The highest BCUT2D eigenvalue weighted by Crippen LogP contribution is 2.28. The molecule has 4 N–H and O–H groups in total. The van der Waals surface area contributed by atoms with Crippen LogP contribution in [0.4, 0.5) is 5.82 Å². The van der Waals surface area contributed by atoms with Gasteiger partial charge in [0.25, 0.3) is 5.91 Å². The SMILES string of the molecule is COc1cc2c(cc1C(=O)Nc1cccc(C(=N)N(C=N)C(C)CO)n1)CN(C)CC2. The third-order valence-corrected chi connectivity index (χ3v) is 5.34. The number of nitrogens with one attached hydrogen (secondary N) is 3. The normalized spacial score (nSPS) is 14.3. The van der Waals surface area contributed by atoms with Crippen LogP contribution in [0.1, 0.15) is 34.1 Å². The minimum absolute atomic E-state index is 0.0398. The first-order chi connectivity index (χ1) is 14.9. The molecule has 9 nitrogen and oxygen atoms in total. The van der Waals surface area contributed by atoms with Crippen LogP contribution in [0.15, 0.2) is 30.3 Å². The Kier molecular flexibility index (Phi) is 6.98. The first-order valence-corrected chi connectivity index (χ1v) is 10.0. The number of methoxy groups -OCH3 is 1. The number of rotatable bonds is 7. The third-order valence-electron chi connectivity index (χ3n) is 5.34. The fourth-order valence-corrected chi connectivity index (χ4v) is 3.53. The molecular weight excluding hydrogens is 396 g/mol. The Hall–Kier alpha value is -3.30. The van der Waals surface area contributed by atoms with Crippen molar-refractivity contribution in [2.75, 3.05) is 32.6 Å². The maximum atomic E-state index is 13.0. The number of amidine groups is 1. The molecule has 0 saturated heterocycles. The van der Waals surface area contributed by atoms with E-state index in [9.17, 15) is 9.90 Å². The molecule has 1 aliphatic rings. The molecule has 1 aromatic carbocycles. The van der Waals surface area contributed by atoms with E-state index in [4.69, 9.17) is 15.6 Å². The van der Waals surface area contributed by atoms with Crippen molar-refractivity contribution >= 4 is 23.9 Å². The molecule has 0 fully saturated rings. The summed E-state index contributed by atoms with van der Waals surface area (Å²) in [5.74, 6) is 0.404. The Morgan fingerprint density at radius 1 is 1.42 bits per heavy atom. The van der Waals surface area contributed by atoms with Crippen LogP contribution < -0.4 is 10.1 Å². The van der Waals surface area contributed by atoms with Gasteiger partial charge in [-0.05, 0) is 55.8 Å². The van der Waals surface area contributed by atoms with Crippen LogP contribution >= 0.6 is 0 Å². The summed E-state index contributed by atoms with van der Waals surface area (Å²) < 4.78 is 5.46. The van der Waals surface area contributed by atoms with Crippen LogP contribution in [0.2, 0.25) is 0 Å². The summed E-state index contributed by atoms with van der Waals surface area (Å²) in [4.78, 5) is 20.9. The summed E-state index contributed by atoms with van der Waals surface area (Å²) in [6, 6.07) is 8.28. The van der Waals surface area contributed by atoms with Crippen LogP contribution in [0, 0.1) is 10.8 Å². The molecule has 1 aromatic heterocycles. The molecule has 1 amide bonds. The van der Waals surface area contributed by atoms with Gasteiger partial charge in [-0.1, -0.05) is 6.07 Å². The highest BCUT2D eigenvalue weighted by Gasteiger charge is 2.21. The number of pyridine rings is 1. The van der Waals surface area contributed by atoms with E-state index in [-0.39, 0.29) is 29.9 Å². The van der Waals surface area contributed by atoms with Gasteiger partial charge in [0.2, 0.25) is 0 Å². The lowest BCUT2D eigenvalue weighted by atomic mass is 9.96. The lowest BCUT2D eigenvalue weighted by Crippen LogP contribution is -2.39. The van der Waals surface area contributed by atoms with E-state index in [1.165, 1.54) is 10.5 Å². The van der Waals surface area contributed by atoms with Crippen molar-refractivity contribution in [3.8, 4) is 5.75 Å². The molecule has 0 aliphatic carbocycles. The number of aliphatic hydroxyl groups is 1. The summed E-state index contributed by atoms with van der Waals surface area (Å²) >= 11 is 0. The zero-order valence-corrected chi connectivity index (χ0v) is 18.0. The van der Waals surface area contributed by atoms with E-state index in [0.717, 1.165) is 31.4 Å². The number of amides is 1. The number of aliphatic hydroxyl groups excluding tert-OH is 1. The predicted octanol–water partition coefficient (Wildman–Crippen LogP) is 1.95. The van der Waals surface area contributed by atoms with Crippen LogP contribution in [0.5, 0.6) is 5.75 Å². The molecule has 3 rings (SSSR count). The molecule has 2 heterocycles. The Morgan fingerprint density at radius 2 is 2.19 bits per heavy atom. The Morgan fingerprint density at radius 3 is 2.87 bits per heavy atom. The summed E-state index contributed by atoms with van der Waals surface area (Å²) in [5, 5.41) is 28.0. The summed E-state index contributed by atoms with van der Waals surface area (Å²) in [6.45, 7) is 3.23. The van der Waals surface area contributed by atoms with Crippen molar-refractivity contribution in [3.05, 3.63) is 52.7 Å². The van der Waals surface area contributed by atoms with Gasteiger partial charge in [0.15, 0.2) is 5.84 Å². The van der Waals surface area contributed by atoms with Crippen molar-refractivity contribution in [1.82, 2.24) is 14.8 Å². The van der Waals surface area contributed by atoms with Gasteiger partial charge >= 0.3 is 0 Å². The Labute approximate surface area is 181 Å². The van der Waals surface area contributed by atoms with Crippen molar-refractivity contribution < 1.29 is 14.6 Å². The topological polar surface area (TPSA) is 126 Å². The number of hydrogen-bond acceptors (Lipinski definition) is 7. The van der Waals surface area contributed by atoms with Crippen LogP contribution in [0.25, 0.3) is 0 Å². The molecular formula is C22H28N6O3. The smallest absolute Gasteiger partial charge is 0.260 e. The number of likely N-dealkylation sites (N-methyl/N-ethyl adjacent to an activating group) is 1. The summed E-state index contributed by atoms with van der Waals surface area (Å²) in [5.41, 5.74) is 2.99. The molecule has 0 radical (unpaired) electrons. The van der Waals surface area contributed by atoms with Crippen molar-refractivity contribution in [2.45, 2.75) is 25.9 Å². The molecule has 1 aliphatic heterocycles. The minimum Gasteiger partial charge on any atom is -0.496 e. The summed E-state index contributed by atoms with van der Waals surface area (Å²) in [7, 11) is 3.59. The highest BCUT2D eigenvalue weighted by atomic mass is 16.5. The number of fused-ring (bicyclic) bond motifs is 1. The third kappa shape index (κ3) is 4.89. The van der Waals surface area contributed by atoms with Gasteiger partial charge < -0.3 is 25.0 Å². The number of hydrogen-bond donors (Lipinski definition) is 4. The van der Waals surface area contributed by atoms with Gasteiger partial charge in [-0.2, -0.15) is 0 Å². The molecule has 2 aromatic rings. The monoisotopic (exact) mass is 424 g/mol. The zero-order valence-electron chi connectivity index (χ0n) is 18.0. The van der Waals surface area contributed by atoms with Gasteiger partial charge in [-0.15, -0.1) is 0 Å². The highest BCUT2D eigenvalue weighted by molar-refractivity contribution is 6.06. The van der Waals surface area contributed by atoms with Crippen molar-refractivity contribution in [3.63, 3.8) is 0 Å². The van der Waals surface area contributed by atoms with E-state index in [1.807, 2.05) is 19.2 Å². The second-order valence-electron chi connectivity index (χ2n) is 7.59. The van der Waals surface area contributed by atoms with Gasteiger partial charge in [0.05, 0.1) is 31.7 Å². The van der Waals surface area contributed by atoms with Gasteiger partial charge in [-0.25, -0.2) is 4.98 Å². The van der Waals surface area contributed by atoms with E-state index in [0.29, 0.717) is 11.3 Å². The molecule has 0 bridgehead atoms. The number of benzene rings is 1. The van der Waals surface area contributed by atoms with Gasteiger partial charge in [-0.3, -0.25) is 15.6 Å². The van der Waals surface area contributed by atoms with Crippen LogP contribution in [0.3, 0.4) is 0 Å². The van der Waals surface area contributed by atoms with Crippen molar-refractivity contribution in [2.24, 2.45) is 0 Å².